The number of amides is 1. The van der Waals surface area contributed by atoms with Gasteiger partial charge < -0.3 is 30.5 Å². The SMILES string of the molecule is COc1nc(-c2cccc(-c3cccc(-c4ccn5c(=O)c(CNCC6(C(=O)O)COC6)cnc5c4)c3Cl)c2Cl)ccc1CNCC1CCC(=O)N1. The van der Waals surface area contributed by atoms with Crippen LogP contribution < -0.4 is 26.2 Å². The van der Waals surface area contributed by atoms with Crippen molar-refractivity contribution in [1.29, 1.82) is 0 Å². The Kier molecular flexibility index (Phi) is 10.3. The molecule has 4 N–H and O–H groups in total. The normalized spacial score (nSPS) is 16.4. The van der Waals surface area contributed by atoms with Crippen LogP contribution in [0.5, 0.6) is 5.88 Å². The van der Waals surface area contributed by atoms with Crippen molar-refractivity contribution in [3.8, 4) is 39.4 Å². The predicted octanol–water partition coefficient (Wildman–Crippen LogP) is 4.96. The molecule has 0 bridgehead atoms. The van der Waals surface area contributed by atoms with E-state index in [1.807, 2.05) is 48.5 Å². The lowest BCUT2D eigenvalue weighted by atomic mass is 9.86. The quantitative estimate of drug-likeness (QED) is 0.130. The molecule has 52 heavy (non-hydrogen) atoms. The van der Waals surface area contributed by atoms with Crippen LogP contribution in [0.4, 0.5) is 0 Å². The Balaban J connectivity index is 1.11. The molecule has 0 saturated carbocycles. The number of rotatable bonds is 13. The molecular weight excluding hydrogens is 707 g/mol. The lowest BCUT2D eigenvalue weighted by Crippen LogP contribution is -2.55. The summed E-state index contributed by atoms with van der Waals surface area (Å²) in [7, 11) is 1.58. The van der Waals surface area contributed by atoms with Crippen LogP contribution in [0.3, 0.4) is 0 Å². The van der Waals surface area contributed by atoms with Crippen LogP contribution >= 0.6 is 23.2 Å². The summed E-state index contributed by atoms with van der Waals surface area (Å²) in [5.74, 6) is -0.364. The third-order valence-electron chi connectivity index (χ3n) is 9.57. The molecule has 1 amide bonds. The summed E-state index contributed by atoms with van der Waals surface area (Å²) in [5.41, 5.74) is 4.80. The minimum Gasteiger partial charge on any atom is -0.481 e. The molecule has 3 aromatic heterocycles. The van der Waals surface area contributed by atoms with E-state index in [2.05, 4.69) is 20.9 Å². The number of aromatic nitrogens is 3. The second-order valence-corrected chi connectivity index (χ2v) is 13.8. The zero-order chi connectivity index (χ0) is 36.4. The highest BCUT2D eigenvalue weighted by atomic mass is 35.5. The van der Waals surface area contributed by atoms with Gasteiger partial charge in [-0.3, -0.25) is 18.8 Å². The molecular formula is C38H36Cl2N6O6. The van der Waals surface area contributed by atoms with Gasteiger partial charge in [0.15, 0.2) is 0 Å². The molecule has 5 heterocycles. The van der Waals surface area contributed by atoms with E-state index in [1.165, 1.54) is 10.6 Å². The zero-order valence-corrected chi connectivity index (χ0v) is 29.8. The second kappa shape index (κ2) is 15.0. The Hall–Kier alpha value is -4.85. The summed E-state index contributed by atoms with van der Waals surface area (Å²) in [6.07, 6.45) is 4.54. The minimum absolute atomic E-state index is 0.0849. The third kappa shape index (κ3) is 7.00. The first-order valence-corrected chi connectivity index (χ1v) is 17.6. The van der Waals surface area contributed by atoms with Crippen molar-refractivity contribution >= 4 is 40.7 Å². The Labute approximate surface area is 309 Å². The Morgan fingerprint density at radius 3 is 2.38 bits per heavy atom. The zero-order valence-electron chi connectivity index (χ0n) is 28.2. The van der Waals surface area contributed by atoms with Crippen LogP contribution in [0.2, 0.25) is 10.0 Å². The average Bonchev–Trinajstić information content (AvgIpc) is 3.55. The summed E-state index contributed by atoms with van der Waals surface area (Å²) >= 11 is 14.2. The van der Waals surface area contributed by atoms with Crippen molar-refractivity contribution in [2.75, 3.05) is 33.4 Å². The number of pyridine rings is 2. The molecule has 12 nitrogen and oxygen atoms in total. The molecule has 0 radical (unpaired) electrons. The Bertz CT molecular complexity index is 2240. The number of carboxylic acids is 1. The van der Waals surface area contributed by atoms with Gasteiger partial charge in [-0.05, 0) is 30.2 Å². The van der Waals surface area contributed by atoms with Gasteiger partial charge in [0.05, 0.1) is 36.1 Å². The van der Waals surface area contributed by atoms with E-state index in [1.54, 1.807) is 25.4 Å². The van der Waals surface area contributed by atoms with Crippen LogP contribution in [0.1, 0.15) is 24.0 Å². The molecule has 2 aliphatic heterocycles. The van der Waals surface area contributed by atoms with Gasteiger partial charge in [-0.2, -0.15) is 0 Å². The number of methoxy groups -OCH3 is 1. The highest BCUT2D eigenvalue weighted by Gasteiger charge is 2.45. The van der Waals surface area contributed by atoms with Crippen molar-refractivity contribution in [3.63, 3.8) is 0 Å². The van der Waals surface area contributed by atoms with E-state index < -0.39 is 11.4 Å². The van der Waals surface area contributed by atoms with Gasteiger partial charge in [-0.1, -0.05) is 65.7 Å². The number of aliphatic carboxylic acids is 1. The van der Waals surface area contributed by atoms with E-state index in [0.29, 0.717) is 57.9 Å². The fraction of sp³-hybridized carbons (Fsp3) is 0.289. The highest BCUT2D eigenvalue weighted by Crippen LogP contribution is 2.42. The van der Waals surface area contributed by atoms with E-state index >= 15 is 0 Å². The van der Waals surface area contributed by atoms with Crippen molar-refractivity contribution in [1.82, 2.24) is 30.3 Å². The largest absolute Gasteiger partial charge is 0.481 e. The van der Waals surface area contributed by atoms with Crippen LogP contribution in [-0.4, -0.2) is 70.8 Å². The maximum atomic E-state index is 13.3. The number of halogens is 2. The van der Waals surface area contributed by atoms with Crippen LogP contribution in [0.15, 0.2) is 77.9 Å². The van der Waals surface area contributed by atoms with Crippen molar-refractivity contribution < 1.29 is 24.2 Å². The van der Waals surface area contributed by atoms with E-state index in [4.69, 9.17) is 37.7 Å². The fourth-order valence-corrected chi connectivity index (χ4v) is 7.19. The number of carbonyl (C=O) groups excluding carboxylic acids is 1. The van der Waals surface area contributed by atoms with Gasteiger partial charge in [0.2, 0.25) is 11.8 Å². The number of carbonyl (C=O) groups is 2. The monoisotopic (exact) mass is 742 g/mol. The molecule has 0 spiro atoms. The molecule has 5 aromatic rings. The maximum absolute atomic E-state index is 13.3. The van der Waals surface area contributed by atoms with E-state index in [-0.39, 0.29) is 43.8 Å². The molecule has 1 unspecified atom stereocenters. The number of hydrogen-bond acceptors (Lipinski definition) is 9. The summed E-state index contributed by atoms with van der Waals surface area (Å²) in [5, 5.41) is 19.9. The van der Waals surface area contributed by atoms with Crippen LogP contribution in [0.25, 0.3) is 39.2 Å². The molecule has 268 valence electrons. The van der Waals surface area contributed by atoms with Crippen molar-refractivity contribution in [3.05, 3.63) is 105 Å². The van der Waals surface area contributed by atoms with Crippen molar-refractivity contribution in [2.24, 2.45) is 5.41 Å². The molecule has 2 aliphatic rings. The molecule has 14 heteroatoms. The second-order valence-electron chi connectivity index (χ2n) is 13.0. The molecule has 2 saturated heterocycles. The van der Waals surface area contributed by atoms with Crippen LogP contribution in [-0.2, 0) is 27.4 Å². The number of hydrogen-bond donors (Lipinski definition) is 4. The molecule has 1 atom stereocenters. The van der Waals surface area contributed by atoms with Gasteiger partial charge in [0.1, 0.15) is 11.1 Å². The fourth-order valence-electron chi connectivity index (χ4n) is 6.53. The summed E-state index contributed by atoms with van der Waals surface area (Å²) in [4.78, 5) is 45.7. The topological polar surface area (TPSA) is 156 Å². The number of nitrogens with zero attached hydrogens (tertiary/aromatic N) is 3. The van der Waals surface area contributed by atoms with E-state index in [0.717, 1.165) is 34.2 Å². The molecule has 2 aromatic carbocycles. The Morgan fingerprint density at radius 2 is 1.71 bits per heavy atom. The van der Waals surface area contributed by atoms with Gasteiger partial charge >= 0.3 is 5.97 Å². The highest BCUT2D eigenvalue weighted by molar-refractivity contribution is 6.39. The first-order chi connectivity index (χ1) is 25.2. The number of nitrogens with one attached hydrogen (secondary N) is 3. The number of carboxylic acid groups (broad SMARTS) is 1. The standard InChI is InChI=1S/C38H36Cl2N6O6/c1-51-35-23(15-41-18-25-9-11-32(47)44-25)8-10-30(45-35)29-7-3-6-28(34(29)40)27-5-2-4-26(33(27)39)22-12-13-46-31(14-22)43-17-24(36(46)48)16-42-19-38(37(49)50)20-52-21-38/h2-8,10,12-14,17,25,41-42H,9,11,15-16,18-21H2,1H3,(H,44,47)(H,49,50). The summed E-state index contributed by atoms with van der Waals surface area (Å²) in [6.45, 7) is 1.82. The third-order valence-corrected chi connectivity index (χ3v) is 10.4. The summed E-state index contributed by atoms with van der Waals surface area (Å²) < 4.78 is 12.2. The van der Waals surface area contributed by atoms with E-state index in [9.17, 15) is 19.5 Å². The Morgan fingerprint density at radius 1 is 1.00 bits per heavy atom. The average molecular weight is 744 g/mol. The first kappa shape index (κ1) is 35.5. The van der Waals surface area contributed by atoms with Crippen molar-refractivity contribution in [2.45, 2.75) is 32.0 Å². The minimum atomic E-state index is -0.972. The number of benzene rings is 2. The lowest BCUT2D eigenvalue weighted by molar-refractivity contribution is -0.178. The van der Waals surface area contributed by atoms with Gasteiger partial charge in [-0.25, -0.2) is 9.97 Å². The summed E-state index contributed by atoms with van der Waals surface area (Å²) in [6, 6.07) is 19.0. The smallest absolute Gasteiger partial charge is 0.315 e. The molecule has 7 rings (SSSR count). The van der Waals surface area contributed by atoms with Gasteiger partial charge in [-0.15, -0.1) is 0 Å². The first-order valence-electron chi connectivity index (χ1n) is 16.8. The number of fused-ring (bicyclic) bond motifs is 1. The predicted molar refractivity (Wildman–Crippen MR) is 198 cm³/mol. The lowest BCUT2D eigenvalue weighted by Gasteiger charge is -2.37. The molecule has 0 aliphatic carbocycles. The van der Waals surface area contributed by atoms with Crippen LogP contribution in [0, 0.1) is 5.41 Å². The molecule has 2 fully saturated rings. The maximum Gasteiger partial charge on any atom is 0.315 e. The van der Waals surface area contributed by atoms with Gasteiger partial charge in [0.25, 0.3) is 5.56 Å². The number of ether oxygens (including phenoxy) is 2. The van der Waals surface area contributed by atoms with Gasteiger partial charge in [0, 0.05) is 84.4 Å².